The van der Waals surface area contributed by atoms with Gasteiger partial charge in [0, 0.05) is 5.41 Å². The van der Waals surface area contributed by atoms with Crippen LogP contribution in [-0.4, -0.2) is 5.78 Å². The number of nitrogens with zero attached hydrogens (tertiary/aromatic N) is 1. The van der Waals surface area contributed by atoms with Gasteiger partial charge >= 0.3 is 0 Å². The lowest BCUT2D eigenvalue weighted by Crippen LogP contribution is -2.24. The molecule has 0 bridgehead atoms. The summed E-state index contributed by atoms with van der Waals surface area (Å²) in [5.74, 6) is 0.147. The van der Waals surface area contributed by atoms with Crippen molar-refractivity contribution >= 4 is 5.78 Å². The first-order valence-electron chi connectivity index (χ1n) is 3.84. The van der Waals surface area contributed by atoms with Crippen LogP contribution in [-0.2, 0) is 4.79 Å². The van der Waals surface area contributed by atoms with Crippen LogP contribution in [0.5, 0.6) is 0 Å². The maximum atomic E-state index is 11.0. The summed E-state index contributed by atoms with van der Waals surface area (Å²) in [6, 6.07) is 1.67. The Bertz CT molecular complexity index is 186. The third-order valence-electron chi connectivity index (χ3n) is 1.63. The Morgan fingerprint density at radius 1 is 1.55 bits per heavy atom. The summed E-state index contributed by atoms with van der Waals surface area (Å²) in [6.07, 6.45) is 0.777. The molecule has 0 aliphatic rings. The van der Waals surface area contributed by atoms with Gasteiger partial charge in [-0.15, -0.1) is 0 Å². The second-order valence-electron chi connectivity index (χ2n) is 3.92. The van der Waals surface area contributed by atoms with E-state index in [-0.39, 0.29) is 5.78 Å². The fraction of sp³-hybridized carbons (Fsp3) is 0.778. The molecule has 0 fully saturated rings. The number of ketones is 1. The lowest BCUT2D eigenvalue weighted by molar-refractivity contribution is -0.122. The molecule has 2 nitrogen and oxygen atoms in total. The molecule has 0 radical (unpaired) electrons. The number of nitriles is 1. The molecule has 0 atom stereocenters. The molecule has 0 heterocycles. The smallest absolute Gasteiger partial charge is 0.237 e. The van der Waals surface area contributed by atoms with Crippen molar-refractivity contribution < 1.29 is 4.79 Å². The predicted octanol–water partition coefficient (Wildman–Crippen LogP) is 2.15. The molecule has 11 heavy (non-hydrogen) atoms. The summed E-state index contributed by atoms with van der Waals surface area (Å²) in [7, 11) is 0. The first kappa shape index (κ1) is 10.2. The van der Waals surface area contributed by atoms with Crippen molar-refractivity contribution in [2.45, 2.75) is 34.1 Å². The van der Waals surface area contributed by atoms with E-state index < -0.39 is 5.41 Å². The molecule has 0 saturated heterocycles. The lowest BCUT2D eigenvalue weighted by atomic mass is 9.81. The van der Waals surface area contributed by atoms with Gasteiger partial charge in [0.2, 0.25) is 5.78 Å². The van der Waals surface area contributed by atoms with Gasteiger partial charge in [0.1, 0.15) is 6.07 Å². The highest BCUT2D eigenvalue weighted by Gasteiger charge is 2.27. The van der Waals surface area contributed by atoms with Gasteiger partial charge in [0.05, 0.1) is 0 Å². The molecular formula is C9H15NO. The Morgan fingerprint density at radius 3 is 2.27 bits per heavy atom. The second kappa shape index (κ2) is 3.52. The summed E-state index contributed by atoms with van der Waals surface area (Å²) < 4.78 is 0. The number of carbonyl (C=O) groups is 1. The van der Waals surface area contributed by atoms with Crippen LogP contribution in [0.25, 0.3) is 0 Å². The molecule has 0 unspecified atom stereocenters. The molecule has 0 N–H and O–H groups in total. The zero-order valence-electron chi connectivity index (χ0n) is 7.64. The average molecular weight is 153 g/mol. The van der Waals surface area contributed by atoms with Crippen molar-refractivity contribution in [3.63, 3.8) is 0 Å². The van der Waals surface area contributed by atoms with Crippen LogP contribution >= 0.6 is 0 Å². The van der Waals surface area contributed by atoms with Gasteiger partial charge in [-0.1, -0.05) is 27.7 Å². The van der Waals surface area contributed by atoms with Crippen LogP contribution < -0.4 is 0 Å². The number of Topliss-reactive ketones (excluding diaryl/α,β-unsaturated/α-hetero) is 1. The van der Waals surface area contributed by atoms with E-state index in [9.17, 15) is 4.79 Å². The lowest BCUT2D eigenvalue weighted by Gasteiger charge is -2.21. The number of rotatable bonds is 3. The Balaban J connectivity index is 4.24. The maximum absolute atomic E-state index is 11.0. The molecule has 0 aromatic carbocycles. The Hall–Kier alpha value is -0.840. The first-order valence-corrected chi connectivity index (χ1v) is 3.84. The quantitative estimate of drug-likeness (QED) is 0.583. The van der Waals surface area contributed by atoms with E-state index in [1.807, 2.05) is 27.7 Å². The Labute approximate surface area is 68.2 Å². The van der Waals surface area contributed by atoms with Gasteiger partial charge < -0.3 is 0 Å². The van der Waals surface area contributed by atoms with E-state index in [4.69, 9.17) is 5.26 Å². The molecule has 2 heteroatoms. The molecular weight excluding hydrogens is 138 g/mol. The molecule has 0 saturated carbocycles. The zero-order valence-corrected chi connectivity index (χ0v) is 7.64. The molecule has 0 amide bonds. The Morgan fingerprint density at radius 2 is 2.00 bits per heavy atom. The summed E-state index contributed by atoms with van der Waals surface area (Å²) in [6.45, 7) is 7.73. The molecule has 0 aliphatic heterocycles. The highest BCUT2D eigenvalue weighted by Crippen LogP contribution is 2.25. The third kappa shape index (κ3) is 3.18. The largest absolute Gasteiger partial charge is 0.282 e. The van der Waals surface area contributed by atoms with Gasteiger partial charge in [-0.3, -0.25) is 4.79 Å². The van der Waals surface area contributed by atoms with Crippen molar-refractivity contribution in [1.82, 2.24) is 0 Å². The van der Waals surface area contributed by atoms with Gasteiger partial charge in [-0.05, 0) is 12.3 Å². The van der Waals surface area contributed by atoms with Crippen LogP contribution in [0.1, 0.15) is 34.1 Å². The number of carbonyl (C=O) groups excluding carboxylic acids is 1. The van der Waals surface area contributed by atoms with Crippen molar-refractivity contribution in [1.29, 1.82) is 5.26 Å². The number of hydrogen-bond acceptors (Lipinski definition) is 2. The second-order valence-corrected chi connectivity index (χ2v) is 3.92. The minimum Gasteiger partial charge on any atom is -0.282 e. The highest BCUT2D eigenvalue weighted by atomic mass is 16.1. The zero-order chi connectivity index (χ0) is 9.07. The van der Waals surface area contributed by atoms with E-state index in [1.165, 1.54) is 0 Å². The van der Waals surface area contributed by atoms with E-state index in [0.717, 1.165) is 6.42 Å². The predicted molar refractivity (Wildman–Crippen MR) is 43.9 cm³/mol. The SMILES string of the molecule is CC(C)CC(C)(C)C(=O)C#N. The summed E-state index contributed by atoms with van der Waals surface area (Å²) in [4.78, 5) is 11.0. The van der Waals surface area contributed by atoms with Crippen LogP contribution in [0.4, 0.5) is 0 Å². The normalized spacial score (nSPS) is 11.3. The van der Waals surface area contributed by atoms with Gasteiger partial charge in [0.25, 0.3) is 0 Å². The van der Waals surface area contributed by atoms with Crippen LogP contribution in [0.15, 0.2) is 0 Å². The topological polar surface area (TPSA) is 40.9 Å². The van der Waals surface area contributed by atoms with Crippen molar-refractivity contribution in [3.8, 4) is 6.07 Å². The van der Waals surface area contributed by atoms with Crippen molar-refractivity contribution in [2.75, 3.05) is 0 Å². The van der Waals surface area contributed by atoms with Crippen LogP contribution in [0, 0.1) is 22.7 Å². The fourth-order valence-corrected chi connectivity index (χ4v) is 1.26. The van der Waals surface area contributed by atoms with E-state index in [1.54, 1.807) is 6.07 Å². The summed E-state index contributed by atoms with van der Waals surface area (Å²) >= 11 is 0. The molecule has 0 aromatic rings. The van der Waals surface area contributed by atoms with E-state index in [2.05, 4.69) is 0 Å². The van der Waals surface area contributed by atoms with Gasteiger partial charge in [-0.2, -0.15) is 5.26 Å². The number of hydrogen-bond donors (Lipinski definition) is 0. The van der Waals surface area contributed by atoms with Gasteiger partial charge in [0.15, 0.2) is 0 Å². The minimum absolute atomic E-state index is 0.314. The summed E-state index contributed by atoms with van der Waals surface area (Å²) in [5, 5.41) is 8.38. The molecule has 0 rings (SSSR count). The summed E-state index contributed by atoms with van der Waals surface area (Å²) in [5.41, 5.74) is -0.469. The van der Waals surface area contributed by atoms with Crippen molar-refractivity contribution in [2.24, 2.45) is 11.3 Å². The van der Waals surface area contributed by atoms with E-state index in [0.29, 0.717) is 5.92 Å². The first-order chi connectivity index (χ1) is 4.90. The third-order valence-corrected chi connectivity index (χ3v) is 1.63. The van der Waals surface area contributed by atoms with Crippen LogP contribution in [0.3, 0.4) is 0 Å². The molecule has 0 aliphatic carbocycles. The molecule has 0 spiro atoms. The van der Waals surface area contributed by atoms with Crippen molar-refractivity contribution in [3.05, 3.63) is 0 Å². The molecule has 0 aromatic heterocycles. The maximum Gasteiger partial charge on any atom is 0.237 e. The Kier molecular flexibility index (Phi) is 3.25. The van der Waals surface area contributed by atoms with E-state index >= 15 is 0 Å². The monoisotopic (exact) mass is 153 g/mol. The molecule has 62 valence electrons. The minimum atomic E-state index is -0.469. The average Bonchev–Trinajstić information content (AvgIpc) is 1.83. The fourth-order valence-electron chi connectivity index (χ4n) is 1.26. The van der Waals surface area contributed by atoms with Gasteiger partial charge in [-0.25, -0.2) is 0 Å². The van der Waals surface area contributed by atoms with Crippen LogP contribution in [0.2, 0.25) is 0 Å². The standard InChI is InChI=1S/C9H15NO/c1-7(2)5-9(3,4)8(11)6-10/h7H,5H2,1-4H3. The highest BCUT2D eigenvalue weighted by molar-refractivity contribution is 5.97.